The minimum Gasteiger partial charge on any atom is -0.461 e. The van der Waals surface area contributed by atoms with E-state index in [0.29, 0.717) is 114 Å². The number of cyclic esters (lactones) is 2. The molecule has 0 aromatic carbocycles. The molecule has 8 rings (SSSR count). The molecular formula is C108H176N4O30S2. The number of Topliss-reactive ketones (excluding diaryl/α,β-unsaturated/α-hetero) is 4. The van der Waals surface area contributed by atoms with Crippen LogP contribution in [0.25, 0.3) is 0 Å². The van der Waals surface area contributed by atoms with Gasteiger partial charge in [-0.25, -0.2) is 9.59 Å². The number of allylic oxidation sites excluding steroid dienone is 12. The number of hydrogen-bond acceptors (Lipinski definition) is 30. The van der Waals surface area contributed by atoms with E-state index < -0.39 is 175 Å². The van der Waals surface area contributed by atoms with Crippen molar-refractivity contribution in [3.8, 4) is 0 Å². The molecule has 0 spiro atoms. The van der Waals surface area contributed by atoms with E-state index in [1.165, 1.54) is 24.0 Å². The second-order valence-electron chi connectivity index (χ2n) is 42.6. The van der Waals surface area contributed by atoms with Crippen molar-refractivity contribution in [1.82, 2.24) is 20.4 Å². The number of esters is 2. The molecule has 6 aliphatic heterocycles. The molecule has 4 saturated heterocycles. The van der Waals surface area contributed by atoms with E-state index in [1.807, 2.05) is 130 Å². The summed E-state index contributed by atoms with van der Waals surface area (Å²) in [6.45, 7) is 26.5. The molecule has 34 nitrogen and oxygen atoms in total. The van der Waals surface area contributed by atoms with Crippen LogP contribution in [0.1, 0.15) is 264 Å². The maximum Gasteiger partial charge on any atom is 0.329 e. The minimum absolute atomic E-state index is 0.0115. The number of fused-ring (bicyclic) bond motifs is 6. The molecule has 8 aliphatic rings. The summed E-state index contributed by atoms with van der Waals surface area (Å²) in [4.78, 5) is 117. The third kappa shape index (κ3) is 38.2. The highest BCUT2D eigenvalue weighted by Crippen LogP contribution is 2.43. The maximum absolute atomic E-state index is 14.5. The average Bonchev–Trinajstić information content (AvgIpc) is 0.773. The Balaban J connectivity index is 0.000000391. The maximum atomic E-state index is 14.5. The monoisotopic (exact) mass is 2070 g/mol. The number of piperidine rings is 2. The molecule has 2 saturated carbocycles. The number of ketones is 4. The fourth-order valence-electron chi connectivity index (χ4n) is 22.1. The molecule has 0 radical (unpaired) electrons. The van der Waals surface area contributed by atoms with Crippen LogP contribution in [0, 0.1) is 71.0 Å². The van der Waals surface area contributed by atoms with E-state index in [9.17, 15) is 94.9 Å². The summed E-state index contributed by atoms with van der Waals surface area (Å²) in [6, 6.07) is -3.24. The summed E-state index contributed by atoms with van der Waals surface area (Å²) < 4.78 is 126. The van der Waals surface area contributed by atoms with E-state index in [1.54, 1.807) is 54.1 Å². The molecule has 4 bridgehead atoms. The van der Waals surface area contributed by atoms with Gasteiger partial charge in [0.2, 0.25) is 11.6 Å². The Bertz CT molecular complexity index is 4290. The van der Waals surface area contributed by atoms with Gasteiger partial charge in [0.15, 0.2) is 11.6 Å². The van der Waals surface area contributed by atoms with Gasteiger partial charge in [-0.15, -0.1) is 0 Å². The second kappa shape index (κ2) is 60.6. The first-order valence-electron chi connectivity index (χ1n) is 52.7. The lowest BCUT2D eigenvalue weighted by molar-refractivity contribution is -0.264. The van der Waals surface area contributed by atoms with Gasteiger partial charge in [-0.2, -0.15) is 16.8 Å². The van der Waals surface area contributed by atoms with Crippen molar-refractivity contribution in [1.29, 1.82) is 0 Å². The van der Waals surface area contributed by atoms with Crippen LogP contribution < -0.4 is 10.6 Å². The van der Waals surface area contributed by atoms with Crippen LogP contribution in [-0.4, -0.2) is 315 Å². The van der Waals surface area contributed by atoms with Gasteiger partial charge in [0.05, 0.1) is 74.6 Å². The Morgan fingerprint density at radius 2 is 0.806 bits per heavy atom. The molecule has 2 amide bonds. The summed E-state index contributed by atoms with van der Waals surface area (Å²) in [5.74, 6) is -14.7. The molecule has 0 aromatic rings. The number of hydrogen-bond donors (Lipinski definition) is 10. The predicted octanol–water partition coefficient (Wildman–Crippen LogP) is 11.7. The van der Waals surface area contributed by atoms with Crippen molar-refractivity contribution in [2.45, 2.75) is 373 Å². The third-order valence-corrected chi connectivity index (χ3v) is 32.3. The van der Waals surface area contributed by atoms with Gasteiger partial charge < -0.3 is 98.4 Å². The fraction of sp³-hybridized carbons (Fsp3) is 0.778. The topological polar surface area (TPSA) is 490 Å². The molecule has 10 N–H and O–H groups in total. The van der Waals surface area contributed by atoms with Crippen molar-refractivity contribution in [3.63, 3.8) is 0 Å². The molecule has 36 heteroatoms. The molecule has 30 atom stereocenters. The summed E-state index contributed by atoms with van der Waals surface area (Å²) >= 11 is 0. The first kappa shape index (κ1) is 125. The summed E-state index contributed by atoms with van der Waals surface area (Å²) in [5.41, 5.74) is 2.68. The molecular weight excluding hydrogens is 1900 g/mol. The number of carbonyl (C=O) groups is 8. The quantitative estimate of drug-likeness (QED) is 0.0186. The molecule has 6 heterocycles. The summed E-state index contributed by atoms with van der Waals surface area (Å²) in [6.07, 6.45) is 28.3. The number of rotatable bonds is 24. The van der Waals surface area contributed by atoms with Gasteiger partial charge in [-0.3, -0.25) is 37.9 Å². The van der Waals surface area contributed by atoms with Crippen LogP contribution in [0.2, 0.25) is 0 Å². The second-order valence-corrected chi connectivity index (χ2v) is 45.8. The van der Waals surface area contributed by atoms with Gasteiger partial charge in [-0.1, -0.05) is 153 Å². The largest absolute Gasteiger partial charge is 0.461 e. The van der Waals surface area contributed by atoms with Gasteiger partial charge >= 0.3 is 11.9 Å². The van der Waals surface area contributed by atoms with Crippen molar-refractivity contribution in [2.24, 2.45) is 71.0 Å². The Kier molecular flexibility index (Phi) is 52.5. The number of carbonyl (C=O) groups excluding carboxylic acids is 8. The number of ether oxygens (including phenoxy) is 10. The Morgan fingerprint density at radius 3 is 1.15 bits per heavy atom. The molecule has 820 valence electrons. The molecule has 0 aromatic heterocycles. The highest BCUT2D eigenvalue weighted by Gasteiger charge is 2.56. The number of amides is 2. The highest BCUT2D eigenvalue weighted by atomic mass is 32.2. The number of aliphatic hydroxyl groups is 6. The summed E-state index contributed by atoms with van der Waals surface area (Å²) in [5, 5.41) is 72.3. The van der Waals surface area contributed by atoms with E-state index in [-0.39, 0.29) is 162 Å². The lowest BCUT2D eigenvalue weighted by Gasteiger charge is -2.43. The van der Waals surface area contributed by atoms with E-state index in [4.69, 9.17) is 47.4 Å². The van der Waals surface area contributed by atoms with Gasteiger partial charge in [0.1, 0.15) is 48.7 Å². The van der Waals surface area contributed by atoms with Gasteiger partial charge in [-0.05, 0) is 253 Å². The van der Waals surface area contributed by atoms with Crippen molar-refractivity contribution in [3.05, 3.63) is 95.2 Å². The Morgan fingerprint density at radius 1 is 0.438 bits per heavy atom. The number of nitrogens with zero attached hydrogens (tertiary/aromatic N) is 2. The van der Waals surface area contributed by atoms with E-state index in [0.717, 1.165) is 49.7 Å². The van der Waals surface area contributed by atoms with Gasteiger partial charge in [0.25, 0.3) is 43.6 Å². The number of aliphatic hydroxyl groups excluding tert-OH is 4. The predicted molar refractivity (Wildman–Crippen MR) is 546 cm³/mol. The molecule has 2 aliphatic carbocycles. The van der Waals surface area contributed by atoms with Crippen LogP contribution in [0.4, 0.5) is 0 Å². The van der Waals surface area contributed by atoms with Crippen molar-refractivity contribution < 1.29 is 142 Å². The minimum atomic E-state index is -4.29. The summed E-state index contributed by atoms with van der Waals surface area (Å²) in [7, 11) is -2.44. The highest BCUT2D eigenvalue weighted by molar-refractivity contribution is 7.86. The normalized spacial score (nSPS) is 37.8. The van der Waals surface area contributed by atoms with Crippen molar-refractivity contribution in [2.75, 3.05) is 92.6 Å². The first-order chi connectivity index (χ1) is 68.0. The lowest BCUT2D eigenvalue weighted by Crippen LogP contribution is -2.61. The van der Waals surface area contributed by atoms with E-state index >= 15 is 0 Å². The molecule has 6 fully saturated rings. The Labute approximate surface area is 856 Å². The zero-order chi connectivity index (χ0) is 107. The number of methoxy groups -OCH3 is 4. The zero-order valence-electron chi connectivity index (χ0n) is 88.8. The van der Waals surface area contributed by atoms with Gasteiger partial charge in [0, 0.05) is 90.4 Å². The van der Waals surface area contributed by atoms with Crippen LogP contribution in [-0.2, 0) is 106 Å². The Hall–Kier alpha value is -6.34. The smallest absolute Gasteiger partial charge is 0.329 e. The van der Waals surface area contributed by atoms with Crippen LogP contribution >= 0.6 is 0 Å². The van der Waals surface area contributed by atoms with Crippen LogP contribution in [0.3, 0.4) is 0 Å². The zero-order valence-corrected chi connectivity index (χ0v) is 90.5. The fourth-order valence-corrected chi connectivity index (χ4v) is 22.8. The third-order valence-electron chi connectivity index (χ3n) is 30.9. The first-order valence-corrected chi connectivity index (χ1v) is 56.0. The molecule has 144 heavy (non-hydrogen) atoms. The average molecular weight is 2070 g/mol. The van der Waals surface area contributed by atoms with Crippen LogP contribution in [0.15, 0.2) is 95.2 Å². The lowest BCUT2D eigenvalue weighted by atomic mass is 9.78. The van der Waals surface area contributed by atoms with Crippen LogP contribution in [0.5, 0.6) is 0 Å². The SMILES string of the molecule is CO[C@@H]1C[C@H](C[C@@H](C)[C@@H]2CC[C@H](C)/C=C(\C)[C@@H](O)[C@@H](OC)C(=O)[C@H](C)C[C@H](C)/C=C/C=C/C=C(\C)[C@@H](NCCS(=O)(=O)O)C[C@@H]3CC[C@@H](C)[C@@](O)(O3)C(=O)C(=O)N3CCCC[C@H]3C(=O)O2)CC[C@H]1OCCO.CO[C@@H]1C[C@H](C[C@@H](C)[C@@H]2CC[C@H](C)/C=C(\C)[C@@H](O)[C@@H](OC)C(=O)[C@H](C)C[C@H](C)/C=C/C=C/C=C(\C)[C@H](NCCS(=O)(=O)O)C[C@@H]3CC[C@@H](C)[C@@](O)(O3)C(=O)C(=O)N3CCCC[C@H]3C(=O)O2)CC[C@H]1OCCO. The number of nitrogens with one attached hydrogen (secondary N) is 2. The van der Waals surface area contributed by atoms with E-state index in [2.05, 4.69) is 10.6 Å². The molecule has 0 unspecified atom stereocenters. The van der Waals surface area contributed by atoms with Crippen molar-refractivity contribution >= 4 is 67.1 Å². The standard InChI is InChI=1S/2C54H88N2O15S/c2*1-34-15-11-10-12-16-36(3)43(55-24-28-72(64,65)66)33-42-21-19-40(7)54(63,71-42)51(60)52(61)56-25-14-13-17-44(56)53(62)70-45(37(4)31-41-20-23-46(69-27-26-57)47(32-41)67-8)22-18-35(2)30-39(6)49(59)50(68-9)48(58)38(5)29-34/h2*10-12,15-16,30,34-35,37-38,40-47,49-50,55,57,59,63H,13-14,17-29,31-33H2,1-9H3,(H,64,65,66)/b2*12-10+,15-11+,36-16+,39-30+/t34-,35+,37-,38-,40-,41+,42+,43+,44+,45+,46-,47-,49-,50+,54-;34-,35+,37-,38-,40-,41+,42+,43-,44+,45+,46-,47-,49-,50+,54-/m11/s1.